The number of hydrogen-bond donors (Lipinski definition) is 4. The van der Waals surface area contributed by atoms with Gasteiger partial charge in [0.15, 0.2) is 6.61 Å². The van der Waals surface area contributed by atoms with Crippen molar-refractivity contribution in [3.05, 3.63) is 85.0 Å². The number of aromatic amines is 1. The first-order valence-corrected chi connectivity index (χ1v) is 20.7. The van der Waals surface area contributed by atoms with Crippen LogP contribution in [0.25, 0.3) is 11.0 Å². The Labute approximate surface area is 336 Å². The van der Waals surface area contributed by atoms with Gasteiger partial charge in [0.25, 0.3) is 17.4 Å². The standard InChI is InChI=1S/C35H40IN7O10S2/c1-3-42(4-2)12-11-37-33(47)27-17-38-26-15-21(5-10-25(26)40-27)39-30(45)20-51-22-6-8-23(9-7-22)55-54-14-13-50-35(49)53-28-16-31(52-29(28)19-44)43-18-24(36)32(46)41-34(43)48/h5-10,15,17-18,28-29,31,44H,3-4,11-14,16,19-20H2,1-2H3,(H,37,47)(H,39,45)(H,41,46,48)/t28-,29+,31+/m0/s1. The van der Waals surface area contributed by atoms with E-state index in [4.69, 9.17) is 18.9 Å². The summed E-state index contributed by atoms with van der Waals surface area (Å²) in [4.78, 5) is 75.4. The van der Waals surface area contributed by atoms with Gasteiger partial charge in [-0.15, -0.1) is 0 Å². The fourth-order valence-corrected chi connectivity index (χ4v) is 7.60. The fraction of sp³-hybridized carbons (Fsp3) is 0.400. The monoisotopic (exact) mass is 909 g/mol. The molecule has 0 aliphatic carbocycles. The molecule has 2 amide bonds. The zero-order chi connectivity index (χ0) is 39.3. The van der Waals surface area contributed by atoms with Crippen LogP contribution in [-0.4, -0.2) is 111 Å². The number of anilines is 1. The summed E-state index contributed by atoms with van der Waals surface area (Å²) in [7, 11) is 2.90. The molecule has 20 heteroatoms. The Morgan fingerprint density at radius 3 is 2.65 bits per heavy atom. The zero-order valence-electron chi connectivity index (χ0n) is 29.9. The SMILES string of the molecule is CCN(CC)CCNC(=O)c1cnc2cc(NC(=O)COc3ccc(SSCCOC(=O)O[C@H]4C[C@H](n5cc(I)c(=O)[nH]c5=O)O[C@@H]4CO)cc3)ccc2n1. The number of halogens is 1. The van der Waals surface area contributed by atoms with Crippen molar-refractivity contribution in [1.29, 1.82) is 0 Å². The number of benzene rings is 2. The number of carbonyl (C=O) groups excluding carboxylic acids is 3. The lowest BCUT2D eigenvalue weighted by molar-refractivity contribution is -0.118. The molecule has 17 nitrogen and oxygen atoms in total. The maximum absolute atomic E-state index is 12.6. The normalized spacial score (nSPS) is 16.6. The van der Waals surface area contributed by atoms with Gasteiger partial charge >= 0.3 is 11.8 Å². The molecule has 2 aromatic carbocycles. The highest BCUT2D eigenvalue weighted by Gasteiger charge is 2.39. The van der Waals surface area contributed by atoms with Crippen molar-refractivity contribution in [3.8, 4) is 5.75 Å². The van der Waals surface area contributed by atoms with E-state index in [9.17, 15) is 29.1 Å². The van der Waals surface area contributed by atoms with Crippen LogP contribution >= 0.6 is 44.2 Å². The number of aliphatic hydroxyl groups excluding tert-OH is 1. The van der Waals surface area contributed by atoms with Crippen molar-refractivity contribution < 1.29 is 38.4 Å². The molecule has 4 N–H and O–H groups in total. The third-order valence-electron chi connectivity index (χ3n) is 8.24. The first-order chi connectivity index (χ1) is 26.6. The van der Waals surface area contributed by atoms with E-state index in [2.05, 4.69) is 44.3 Å². The molecule has 0 unspecified atom stereocenters. The van der Waals surface area contributed by atoms with Gasteiger partial charge in [0.2, 0.25) is 0 Å². The van der Waals surface area contributed by atoms with E-state index in [1.165, 1.54) is 38.5 Å². The molecule has 2 aromatic heterocycles. The number of aliphatic hydroxyl groups is 1. The Hall–Kier alpha value is -4.22. The highest BCUT2D eigenvalue weighted by atomic mass is 127. The van der Waals surface area contributed by atoms with Gasteiger partial charge in [0, 0.05) is 42.0 Å². The summed E-state index contributed by atoms with van der Waals surface area (Å²) in [5.74, 6) is 0.292. The van der Waals surface area contributed by atoms with Crippen LogP contribution in [-0.2, 0) is 19.0 Å². The third kappa shape index (κ3) is 12.1. The maximum Gasteiger partial charge on any atom is 0.508 e. The first kappa shape index (κ1) is 41.9. The van der Waals surface area contributed by atoms with Crippen molar-refractivity contribution in [3.63, 3.8) is 0 Å². The predicted octanol–water partition coefficient (Wildman–Crippen LogP) is 3.42. The van der Waals surface area contributed by atoms with Gasteiger partial charge in [-0.25, -0.2) is 14.6 Å². The molecule has 0 saturated carbocycles. The smallest absolute Gasteiger partial charge is 0.484 e. The summed E-state index contributed by atoms with van der Waals surface area (Å²) in [5.41, 5.74) is 0.589. The van der Waals surface area contributed by atoms with Gasteiger partial charge in [-0.2, -0.15) is 0 Å². The van der Waals surface area contributed by atoms with E-state index in [1.807, 2.05) is 12.1 Å². The van der Waals surface area contributed by atoms with Crippen LogP contribution in [0.2, 0.25) is 0 Å². The van der Waals surface area contributed by atoms with Gasteiger partial charge in [0.05, 0.1) is 27.4 Å². The van der Waals surface area contributed by atoms with Crippen LogP contribution in [0.1, 0.15) is 37.0 Å². The highest BCUT2D eigenvalue weighted by molar-refractivity contribution is 14.1. The molecule has 4 aromatic rings. The van der Waals surface area contributed by atoms with Crippen LogP contribution in [0.5, 0.6) is 5.75 Å². The van der Waals surface area contributed by atoms with Gasteiger partial charge in [-0.3, -0.25) is 28.9 Å². The number of amides is 2. The molecule has 1 aliphatic heterocycles. The first-order valence-electron chi connectivity index (χ1n) is 17.3. The maximum atomic E-state index is 12.6. The van der Waals surface area contributed by atoms with Crippen molar-refractivity contribution in [2.24, 2.45) is 0 Å². The van der Waals surface area contributed by atoms with E-state index < -0.39 is 42.4 Å². The number of aromatic nitrogens is 4. The summed E-state index contributed by atoms with van der Waals surface area (Å²) >= 11 is 1.79. The Kier molecular flexibility index (Phi) is 15.7. The molecule has 1 saturated heterocycles. The molecule has 55 heavy (non-hydrogen) atoms. The Balaban J connectivity index is 0.979. The number of H-pyrrole nitrogens is 1. The average Bonchev–Trinajstić information content (AvgIpc) is 3.59. The molecular weight excluding hydrogens is 869 g/mol. The van der Waals surface area contributed by atoms with Crippen LogP contribution in [0.15, 0.2) is 69.3 Å². The number of carbonyl (C=O) groups is 3. The minimum atomic E-state index is -0.932. The molecule has 5 rings (SSSR count). The largest absolute Gasteiger partial charge is 0.508 e. The van der Waals surface area contributed by atoms with Gasteiger partial charge in [-0.1, -0.05) is 35.4 Å². The molecule has 1 fully saturated rings. The quantitative estimate of drug-likeness (QED) is 0.0487. The summed E-state index contributed by atoms with van der Waals surface area (Å²) in [6, 6.07) is 12.2. The van der Waals surface area contributed by atoms with E-state index in [1.54, 1.807) is 52.9 Å². The molecule has 3 atom stereocenters. The molecule has 1 aliphatic rings. The number of rotatable bonds is 18. The van der Waals surface area contributed by atoms with E-state index >= 15 is 0 Å². The predicted molar refractivity (Wildman–Crippen MR) is 214 cm³/mol. The Morgan fingerprint density at radius 2 is 1.91 bits per heavy atom. The van der Waals surface area contributed by atoms with E-state index in [0.717, 1.165) is 24.5 Å². The Bertz CT molecular complexity index is 2070. The lowest BCUT2D eigenvalue weighted by Crippen LogP contribution is -2.35. The van der Waals surface area contributed by atoms with Gasteiger partial charge < -0.3 is 39.6 Å². The molecular formula is C35H40IN7O10S2. The molecule has 0 radical (unpaired) electrons. The second kappa shape index (κ2) is 20.6. The lowest BCUT2D eigenvalue weighted by atomic mass is 10.2. The zero-order valence-corrected chi connectivity index (χ0v) is 33.7. The molecule has 3 heterocycles. The molecule has 0 bridgehead atoms. The second-order valence-corrected chi connectivity index (χ2v) is 15.6. The number of ether oxygens (including phenoxy) is 4. The van der Waals surface area contributed by atoms with Gasteiger partial charge in [0.1, 0.15) is 36.5 Å². The highest BCUT2D eigenvalue weighted by Crippen LogP contribution is 2.32. The van der Waals surface area contributed by atoms with Crippen LogP contribution in [0, 0.1) is 3.57 Å². The molecule has 0 spiro atoms. The number of hydrogen-bond acceptors (Lipinski definition) is 15. The van der Waals surface area contributed by atoms with Crippen LogP contribution in [0.3, 0.4) is 0 Å². The minimum Gasteiger partial charge on any atom is -0.484 e. The van der Waals surface area contributed by atoms with Crippen molar-refractivity contribution in [2.75, 3.05) is 57.1 Å². The number of fused-ring (bicyclic) bond motifs is 1. The Morgan fingerprint density at radius 1 is 1.13 bits per heavy atom. The minimum absolute atomic E-state index is 0.0601. The van der Waals surface area contributed by atoms with E-state index in [-0.39, 0.29) is 40.7 Å². The van der Waals surface area contributed by atoms with Crippen molar-refractivity contribution >= 4 is 78.9 Å². The lowest BCUT2D eigenvalue weighted by Gasteiger charge is -2.17. The second-order valence-electron chi connectivity index (χ2n) is 11.9. The van der Waals surface area contributed by atoms with Crippen LogP contribution < -0.4 is 26.6 Å². The molecule has 294 valence electrons. The summed E-state index contributed by atoms with van der Waals surface area (Å²) in [6.45, 7) is 6.62. The van der Waals surface area contributed by atoms with Gasteiger partial charge in [-0.05, 0) is 78.1 Å². The number of likely N-dealkylation sites (N-methyl/N-ethyl adjacent to an activating group) is 1. The summed E-state index contributed by atoms with van der Waals surface area (Å²) in [5, 5.41) is 15.3. The van der Waals surface area contributed by atoms with Crippen LogP contribution in [0.4, 0.5) is 10.5 Å². The fourth-order valence-electron chi connectivity index (χ4n) is 5.35. The number of nitrogens with zero attached hydrogens (tertiary/aromatic N) is 4. The van der Waals surface area contributed by atoms with Crippen molar-refractivity contribution in [2.45, 2.75) is 43.6 Å². The topological polar surface area (TPSA) is 216 Å². The van der Waals surface area contributed by atoms with E-state index in [0.29, 0.717) is 34.8 Å². The summed E-state index contributed by atoms with van der Waals surface area (Å²) < 4.78 is 23.3. The van der Waals surface area contributed by atoms with Crippen molar-refractivity contribution in [1.82, 2.24) is 29.7 Å². The average molecular weight is 910 g/mol. The summed E-state index contributed by atoms with van der Waals surface area (Å²) in [6.07, 6.45) is -0.660. The number of nitrogens with one attached hydrogen (secondary N) is 3. The third-order valence-corrected chi connectivity index (χ3v) is 11.4.